The number of carbonyl (C=O) groups excluding carboxylic acids is 1. The third-order valence-corrected chi connectivity index (χ3v) is 4.70. The molecule has 0 radical (unpaired) electrons. The SMILES string of the molecule is O=C(NCC1CCC(O)CC1)c1csc(Br)c1. The number of hydrogen-bond acceptors (Lipinski definition) is 3. The lowest BCUT2D eigenvalue weighted by Gasteiger charge is -2.25. The normalized spacial score (nSPS) is 24.6. The maximum atomic E-state index is 11.8. The summed E-state index contributed by atoms with van der Waals surface area (Å²) in [6.07, 6.45) is 3.62. The van der Waals surface area contributed by atoms with E-state index in [-0.39, 0.29) is 12.0 Å². The second-order valence-corrected chi connectivity index (χ2v) is 6.81. The molecule has 0 atom stereocenters. The first-order chi connectivity index (χ1) is 8.15. The van der Waals surface area contributed by atoms with Crippen molar-refractivity contribution < 1.29 is 9.90 Å². The summed E-state index contributed by atoms with van der Waals surface area (Å²) < 4.78 is 0.975. The van der Waals surface area contributed by atoms with E-state index in [1.807, 2.05) is 11.4 Å². The zero-order valence-electron chi connectivity index (χ0n) is 9.49. The molecule has 1 amide bonds. The standard InChI is InChI=1S/C12H16BrNO2S/c13-11-5-9(7-17-11)12(16)14-6-8-1-3-10(15)4-2-8/h5,7-8,10,15H,1-4,6H2,(H,14,16). The Morgan fingerprint density at radius 3 is 2.76 bits per heavy atom. The average Bonchev–Trinajstić information content (AvgIpc) is 2.75. The Kier molecular flexibility index (Phi) is 4.59. The van der Waals surface area contributed by atoms with Gasteiger partial charge in [-0.1, -0.05) is 0 Å². The van der Waals surface area contributed by atoms with E-state index >= 15 is 0 Å². The molecule has 0 spiro atoms. The molecule has 1 fully saturated rings. The molecular formula is C12H16BrNO2S. The van der Waals surface area contributed by atoms with Crippen molar-refractivity contribution in [2.75, 3.05) is 6.54 Å². The molecule has 0 bridgehead atoms. The van der Waals surface area contributed by atoms with Gasteiger partial charge in [-0.25, -0.2) is 0 Å². The third kappa shape index (κ3) is 3.79. The van der Waals surface area contributed by atoms with Gasteiger partial charge >= 0.3 is 0 Å². The zero-order valence-corrected chi connectivity index (χ0v) is 11.9. The molecule has 17 heavy (non-hydrogen) atoms. The fourth-order valence-electron chi connectivity index (χ4n) is 2.12. The van der Waals surface area contributed by atoms with Crippen LogP contribution in [-0.4, -0.2) is 23.7 Å². The van der Waals surface area contributed by atoms with Crippen molar-refractivity contribution in [2.45, 2.75) is 31.8 Å². The predicted molar refractivity (Wildman–Crippen MR) is 72.3 cm³/mol. The minimum atomic E-state index is -0.130. The van der Waals surface area contributed by atoms with Crippen molar-refractivity contribution >= 4 is 33.2 Å². The molecule has 1 aliphatic rings. The molecule has 5 heteroatoms. The average molecular weight is 318 g/mol. The van der Waals surface area contributed by atoms with E-state index < -0.39 is 0 Å². The number of nitrogens with one attached hydrogen (secondary N) is 1. The molecule has 2 rings (SSSR count). The molecule has 0 aliphatic heterocycles. The molecule has 1 aromatic heterocycles. The second kappa shape index (κ2) is 5.98. The van der Waals surface area contributed by atoms with Gasteiger partial charge in [0.2, 0.25) is 0 Å². The first-order valence-electron chi connectivity index (χ1n) is 5.85. The Hall–Kier alpha value is -0.390. The van der Waals surface area contributed by atoms with Crippen molar-refractivity contribution in [1.29, 1.82) is 0 Å². The van der Waals surface area contributed by atoms with Crippen molar-refractivity contribution in [3.05, 3.63) is 20.8 Å². The van der Waals surface area contributed by atoms with Gasteiger partial charge in [-0.3, -0.25) is 4.79 Å². The van der Waals surface area contributed by atoms with Gasteiger partial charge in [0.15, 0.2) is 0 Å². The minimum absolute atomic E-state index is 0.00179. The Morgan fingerprint density at radius 1 is 1.47 bits per heavy atom. The van der Waals surface area contributed by atoms with Crippen molar-refractivity contribution in [3.8, 4) is 0 Å². The fourth-order valence-corrected chi connectivity index (χ4v) is 3.25. The van der Waals surface area contributed by atoms with Crippen LogP contribution in [0.15, 0.2) is 15.2 Å². The van der Waals surface area contributed by atoms with Crippen molar-refractivity contribution in [2.24, 2.45) is 5.92 Å². The fraction of sp³-hybridized carbons (Fsp3) is 0.583. The lowest BCUT2D eigenvalue weighted by Crippen LogP contribution is -2.31. The van der Waals surface area contributed by atoms with Crippen LogP contribution in [0, 0.1) is 5.92 Å². The van der Waals surface area contributed by atoms with Crippen LogP contribution >= 0.6 is 27.3 Å². The highest BCUT2D eigenvalue weighted by Crippen LogP contribution is 2.24. The molecule has 1 aliphatic carbocycles. The summed E-state index contributed by atoms with van der Waals surface area (Å²) in [5.41, 5.74) is 0.720. The van der Waals surface area contributed by atoms with Gasteiger partial charge < -0.3 is 10.4 Å². The van der Waals surface area contributed by atoms with E-state index in [4.69, 9.17) is 0 Å². The smallest absolute Gasteiger partial charge is 0.252 e. The molecule has 1 aromatic rings. The third-order valence-electron chi connectivity index (χ3n) is 3.20. The molecule has 94 valence electrons. The Morgan fingerprint density at radius 2 is 2.18 bits per heavy atom. The number of hydrogen-bond donors (Lipinski definition) is 2. The Balaban J connectivity index is 1.76. The van der Waals surface area contributed by atoms with Gasteiger partial charge in [-0.15, -0.1) is 11.3 Å². The van der Waals surface area contributed by atoms with Crippen molar-refractivity contribution in [3.63, 3.8) is 0 Å². The van der Waals surface area contributed by atoms with Gasteiger partial charge in [0.05, 0.1) is 15.5 Å². The summed E-state index contributed by atoms with van der Waals surface area (Å²) in [7, 11) is 0. The van der Waals surface area contributed by atoms with Crippen LogP contribution in [-0.2, 0) is 0 Å². The maximum absolute atomic E-state index is 11.8. The minimum Gasteiger partial charge on any atom is -0.393 e. The van der Waals surface area contributed by atoms with Crippen molar-refractivity contribution in [1.82, 2.24) is 5.32 Å². The molecule has 1 saturated carbocycles. The van der Waals surface area contributed by atoms with E-state index in [2.05, 4.69) is 21.2 Å². The summed E-state index contributed by atoms with van der Waals surface area (Å²) in [5, 5.41) is 14.2. The van der Waals surface area contributed by atoms with Crippen LogP contribution in [0.5, 0.6) is 0 Å². The summed E-state index contributed by atoms with van der Waals surface area (Å²) in [5.74, 6) is 0.516. The Labute approximate surface area is 113 Å². The van der Waals surface area contributed by atoms with E-state index in [0.717, 1.165) is 41.6 Å². The number of carbonyl (C=O) groups is 1. The number of rotatable bonds is 3. The molecule has 0 aromatic carbocycles. The summed E-state index contributed by atoms with van der Waals surface area (Å²) in [4.78, 5) is 11.8. The summed E-state index contributed by atoms with van der Waals surface area (Å²) in [6, 6.07) is 1.84. The molecule has 1 heterocycles. The largest absolute Gasteiger partial charge is 0.393 e. The van der Waals surface area contributed by atoms with Crippen LogP contribution in [0.25, 0.3) is 0 Å². The topological polar surface area (TPSA) is 49.3 Å². The van der Waals surface area contributed by atoms with E-state index in [1.54, 1.807) is 0 Å². The summed E-state index contributed by atoms with van der Waals surface area (Å²) >= 11 is 4.86. The lowest BCUT2D eigenvalue weighted by atomic mass is 9.87. The van der Waals surface area contributed by atoms with Gasteiger partial charge in [0.25, 0.3) is 5.91 Å². The number of aliphatic hydroxyl groups excluding tert-OH is 1. The van der Waals surface area contributed by atoms with Gasteiger partial charge in [0, 0.05) is 11.9 Å². The van der Waals surface area contributed by atoms with Crippen LogP contribution < -0.4 is 5.32 Å². The van der Waals surface area contributed by atoms with Crippen LogP contribution in [0.4, 0.5) is 0 Å². The highest BCUT2D eigenvalue weighted by molar-refractivity contribution is 9.11. The number of amides is 1. The predicted octanol–water partition coefficient (Wildman–Crippen LogP) is 2.79. The summed E-state index contributed by atoms with van der Waals surface area (Å²) in [6.45, 7) is 0.721. The second-order valence-electron chi connectivity index (χ2n) is 4.52. The van der Waals surface area contributed by atoms with Gasteiger partial charge in [-0.2, -0.15) is 0 Å². The Bertz CT molecular complexity index is 386. The highest BCUT2D eigenvalue weighted by atomic mass is 79.9. The van der Waals surface area contributed by atoms with Crippen LogP contribution in [0.1, 0.15) is 36.0 Å². The molecule has 0 unspecified atom stereocenters. The van der Waals surface area contributed by atoms with Gasteiger partial charge in [0.1, 0.15) is 0 Å². The molecule has 0 saturated heterocycles. The lowest BCUT2D eigenvalue weighted by molar-refractivity contribution is 0.0910. The molecule has 3 nitrogen and oxygen atoms in total. The quantitative estimate of drug-likeness (QED) is 0.900. The number of halogens is 1. The highest BCUT2D eigenvalue weighted by Gasteiger charge is 2.20. The molecular weight excluding hydrogens is 302 g/mol. The first kappa shape index (κ1) is 13.1. The maximum Gasteiger partial charge on any atom is 0.252 e. The first-order valence-corrected chi connectivity index (χ1v) is 7.52. The number of aliphatic hydroxyl groups is 1. The molecule has 2 N–H and O–H groups in total. The van der Waals surface area contributed by atoms with E-state index in [9.17, 15) is 9.90 Å². The monoisotopic (exact) mass is 317 g/mol. The van der Waals surface area contributed by atoms with E-state index in [0.29, 0.717) is 5.92 Å². The van der Waals surface area contributed by atoms with E-state index in [1.165, 1.54) is 11.3 Å². The zero-order chi connectivity index (χ0) is 12.3. The van der Waals surface area contributed by atoms with Crippen LogP contribution in [0.2, 0.25) is 0 Å². The van der Waals surface area contributed by atoms with Gasteiger partial charge in [-0.05, 0) is 53.6 Å². The van der Waals surface area contributed by atoms with Crippen LogP contribution in [0.3, 0.4) is 0 Å². The number of thiophene rings is 1.